The second-order valence-corrected chi connectivity index (χ2v) is 9.67. The summed E-state index contributed by atoms with van der Waals surface area (Å²) in [6.45, 7) is 8.97. The molecule has 0 spiro atoms. The number of rotatable bonds is 6. The molecule has 1 aromatic carbocycles. The van der Waals surface area contributed by atoms with Crippen molar-refractivity contribution >= 4 is 29.2 Å². The van der Waals surface area contributed by atoms with E-state index in [1.54, 1.807) is 40.8 Å². The zero-order valence-corrected chi connectivity index (χ0v) is 21.4. The lowest BCUT2D eigenvalue weighted by atomic mass is 10.1. The summed E-state index contributed by atoms with van der Waals surface area (Å²) in [6.07, 6.45) is 2.52. The number of benzene rings is 1. The lowest BCUT2D eigenvalue weighted by Gasteiger charge is -2.34. The minimum absolute atomic E-state index is 0.123. The average molecular weight is 496 g/mol. The van der Waals surface area contributed by atoms with Crippen LogP contribution in [0, 0.1) is 0 Å². The number of fused-ring (bicyclic) bond motifs is 1. The van der Waals surface area contributed by atoms with Crippen molar-refractivity contribution < 1.29 is 23.8 Å². The van der Waals surface area contributed by atoms with Gasteiger partial charge in [0.25, 0.3) is 0 Å². The van der Waals surface area contributed by atoms with Crippen LogP contribution < -0.4 is 14.5 Å². The topological polar surface area (TPSA) is 98.5 Å². The molecule has 2 aromatic heterocycles. The van der Waals surface area contributed by atoms with Crippen molar-refractivity contribution in [3.63, 3.8) is 0 Å². The van der Waals surface area contributed by atoms with Gasteiger partial charge in [-0.2, -0.15) is 14.6 Å². The van der Waals surface area contributed by atoms with Crippen LogP contribution >= 0.6 is 0 Å². The zero-order valence-electron chi connectivity index (χ0n) is 21.4. The van der Waals surface area contributed by atoms with Crippen LogP contribution in [0.1, 0.15) is 50.9 Å². The van der Waals surface area contributed by atoms with Gasteiger partial charge in [-0.25, -0.2) is 9.59 Å². The molecule has 0 radical (unpaired) electrons. The Balaban J connectivity index is 1.67. The molecule has 3 heterocycles. The van der Waals surface area contributed by atoms with E-state index in [-0.39, 0.29) is 23.9 Å². The van der Waals surface area contributed by atoms with E-state index in [2.05, 4.69) is 27.1 Å². The van der Waals surface area contributed by atoms with Crippen LogP contribution in [0.3, 0.4) is 0 Å². The van der Waals surface area contributed by atoms with E-state index >= 15 is 0 Å². The Kier molecular flexibility index (Phi) is 7.32. The molecule has 10 nitrogen and oxygen atoms in total. The molecule has 3 aromatic rings. The second kappa shape index (κ2) is 10.4. The highest BCUT2D eigenvalue weighted by atomic mass is 16.6. The van der Waals surface area contributed by atoms with Crippen molar-refractivity contribution in [2.24, 2.45) is 0 Å². The Morgan fingerprint density at radius 2 is 1.94 bits per heavy atom. The van der Waals surface area contributed by atoms with Crippen LogP contribution in [0.4, 0.5) is 16.3 Å². The first-order valence-electron chi connectivity index (χ1n) is 12.2. The molecule has 1 fully saturated rings. The smallest absolute Gasteiger partial charge is 0.415 e. The SMILES string of the molecule is CCOC(=O)c1cnn2c(N(C)C(=O)OC(C)(C)C)cc(OC3CCCN(c4ccccc4)C3)nc12. The summed E-state index contributed by atoms with van der Waals surface area (Å²) in [5, 5.41) is 4.30. The fourth-order valence-electron chi connectivity index (χ4n) is 4.08. The molecular weight excluding hydrogens is 462 g/mol. The molecule has 1 atom stereocenters. The molecule has 1 amide bonds. The molecule has 10 heteroatoms. The lowest BCUT2D eigenvalue weighted by molar-refractivity contribution is 0.0527. The maximum atomic E-state index is 12.9. The van der Waals surface area contributed by atoms with Crippen molar-refractivity contribution in [2.45, 2.75) is 52.2 Å². The number of nitrogens with zero attached hydrogens (tertiary/aromatic N) is 5. The quantitative estimate of drug-likeness (QED) is 0.466. The minimum atomic E-state index is -0.681. The lowest BCUT2D eigenvalue weighted by Crippen LogP contribution is -2.41. The number of carbonyl (C=O) groups is 2. The Hall–Kier alpha value is -3.82. The third-order valence-electron chi connectivity index (χ3n) is 5.72. The fraction of sp³-hybridized carbons (Fsp3) is 0.462. The molecule has 1 saturated heterocycles. The molecule has 0 saturated carbocycles. The number of carbonyl (C=O) groups excluding carboxylic acids is 2. The Morgan fingerprint density at radius 1 is 1.19 bits per heavy atom. The van der Waals surface area contributed by atoms with Crippen LogP contribution in [0.5, 0.6) is 5.88 Å². The van der Waals surface area contributed by atoms with E-state index in [0.717, 1.165) is 25.1 Å². The Morgan fingerprint density at radius 3 is 2.64 bits per heavy atom. The summed E-state index contributed by atoms with van der Waals surface area (Å²) in [4.78, 5) is 33.6. The summed E-state index contributed by atoms with van der Waals surface area (Å²) < 4.78 is 18.5. The molecule has 1 aliphatic rings. The second-order valence-electron chi connectivity index (χ2n) is 9.67. The summed E-state index contributed by atoms with van der Waals surface area (Å²) in [7, 11) is 1.58. The molecule has 1 aliphatic heterocycles. The summed E-state index contributed by atoms with van der Waals surface area (Å²) in [5.41, 5.74) is 0.891. The number of hydrogen-bond donors (Lipinski definition) is 0. The summed E-state index contributed by atoms with van der Waals surface area (Å²) in [5.74, 6) is 0.102. The van der Waals surface area contributed by atoms with Gasteiger partial charge in [-0.3, -0.25) is 4.90 Å². The number of ether oxygens (including phenoxy) is 3. The first kappa shape index (κ1) is 25.3. The van der Waals surface area contributed by atoms with Gasteiger partial charge in [0.15, 0.2) is 5.65 Å². The van der Waals surface area contributed by atoms with Crippen molar-refractivity contribution in [3.05, 3.63) is 48.2 Å². The third kappa shape index (κ3) is 5.69. The highest BCUT2D eigenvalue weighted by molar-refractivity contribution is 5.96. The van der Waals surface area contributed by atoms with Gasteiger partial charge in [0.1, 0.15) is 23.1 Å². The van der Waals surface area contributed by atoms with Crippen molar-refractivity contribution in [2.75, 3.05) is 36.5 Å². The first-order valence-corrected chi connectivity index (χ1v) is 12.2. The maximum Gasteiger partial charge on any atom is 0.415 e. The zero-order chi connectivity index (χ0) is 25.9. The fourth-order valence-corrected chi connectivity index (χ4v) is 4.08. The number of piperidine rings is 1. The van der Waals surface area contributed by atoms with E-state index in [0.29, 0.717) is 18.2 Å². The standard InChI is InChI=1S/C26H33N5O5/c1-6-34-24(32)20-16-27-31-22(29(5)25(33)36-26(2,3)4)15-21(28-23(20)31)35-19-13-10-14-30(17-19)18-11-8-7-9-12-18/h7-9,11-12,15-16,19H,6,10,13-14,17H2,1-5H3. The normalized spacial score (nSPS) is 16.0. The molecule has 1 unspecified atom stereocenters. The van der Waals surface area contributed by atoms with Crippen LogP contribution in [-0.2, 0) is 9.47 Å². The largest absolute Gasteiger partial charge is 0.472 e. The molecule has 36 heavy (non-hydrogen) atoms. The van der Waals surface area contributed by atoms with Crippen LogP contribution in [0.25, 0.3) is 5.65 Å². The van der Waals surface area contributed by atoms with E-state index in [4.69, 9.17) is 14.2 Å². The van der Waals surface area contributed by atoms with Gasteiger partial charge >= 0.3 is 12.1 Å². The van der Waals surface area contributed by atoms with Crippen LogP contribution in [0.2, 0.25) is 0 Å². The number of esters is 1. The van der Waals surface area contributed by atoms with Gasteiger partial charge in [-0.05, 0) is 52.7 Å². The predicted octanol–water partition coefficient (Wildman–Crippen LogP) is 4.33. The maximum absolute atomic E-state index is 12.9. The van der Waals surface area contributed by atoms with Gasteiger partial charge < -0.3 is 19.1 Å². The molecule has 0 N–H and O–H groups in total. The molecule has 0 bridgehead atoms. The van der Waals surface area contributed by atoms with Gasteiger partial charge in [-0.1, -0.05) is 18.2 Å². The van der Waals surface area contributed by atoms with E-state index in [1.165, 1.54) is 15.6 Å². The van der Waals surface area contributed by atoms with Crippen LogP contribution in [-0.4, -0.2) is 65.1 Å². The number of para-hydroxylation sites is 1. The van der Waals surface area contributed by atoms with E-state index < -0.39 is 17.7 Å². The van der Waals surface area contributed by atoms with Gasteiger partial charge in [0, 0.05) is 25.3 Å². The molecule has 4 rings (SSSR count). The Bertz CT molecular complexity index is 1220. The van der Waals surface area contributed by atoms with Crippen molar-refractivity contribution in [3.8, 4) is 5.88 Å². The third-order valence-corrected chi connectivity index (χ3v) is 5.72. The number of amides is 1. The van der Waals surface area contributed by atoms with Crippen molar-refractivity contribution in [1.82, 2.24) is 14.6 Å². The van der Waals surface area contributed by atoms with Gasteiger partial charge in [-0.15, -0.1) is 0 Å². The average Bonchev–Trinajstić information content (AvgIpc) is 3.27. The molecule has 0 aliphatic carbocycles. The number of aromatic nitrogens is 3. The summed E-state index contributed by atoms with van der Waals surface area (Å²) >= 11 is 0. The molecule has 192 valence electrons. The monoisotopic (exact) mass is 495 g/mol. The van der Waals surface area contributed by atoms with Crippen molar-refractivity contribution in [1.29, 1.82) is 0 Å². The van der Waals surface area contributed by atoms with E-state index in [1.807, 2.05) is 18.2 Å². The van der Waals surface area contributed by atoms with Gasteiger partial charge in [0.2, 0.25) is 5.88 Å². The first-order chi connectivity index (χ1) is 17.2. The van der Waals surface area contributed by atoms with E-state index in [9.17, 15) is 9.59 Å². The highest BCUT2D eigenvalue weighted by Crippen LogP contribution is 2.27. The minimum Gasteiger partial charge on any atom is -0.472 e. The molecular formula is C26H33N5O5. The van der Waals surface area contributed by atoms with Crippen LogP contribution in [0.15, 0.2) is 42.6 Å². The predicted molar refractivity (Wildman–Crippen MR) is 136 cm³/mol. The number of hydrogen-bond acceptors (Lipinski definition) is 8. The Labute approximate surface area is 210 Å². The number of anilines is 2. The van der Waals surface area contributed by atoms with Gasteiger partial charge in [0.05, 0.1) is 19.3 Å². The summed E-state index contributed by atoms with van der Waals surface area (Å²) in [6, 6.07) is 11.8. The highest BCUT2D eigenvalue weighted by Gasteiger charge is 2.27.